The molecule has 6 nitrogen and oxygen atoms in total. The van der Waals surface area contributed by atoms with E-state index in [0.717, 1.165) is 25.9 Å². The Hall–Kier alpha value is -2.12. The van der Waals surface area contributed by atoms with Gasteiger partial charge in [0.1, 0.15) is 5.69 Å². The van der Waals surface area contributed by atoms with Crippen molar-refractivity contribution in [3.63, 3.8) is 0 Å². The summed E-state index contributed by atoms with van der Waals surface area (Å²) in [6.45, 7) is 2.65. The second kappa shape index (κ2) is 7.85. The molecule has 1 amide bonds. The van der Waals surface area contributed by atoms with Crippen molar-refractivity contribution < 1.29 is 9.90 Å². The topological polar surface area (TPSA) is 61.1 Å². The van der Waals surface area contributed by atoms with Gasteiger partial charge in [-0.3, -0.25) is 9.69 Å². The van der Waals surface area contributed by atoms with Crippen molar-refractivity contribution in [1.82, 2.24) is 19.2 Å². The van der Waals surface area contributed by atoms with Gasteiger partial charge >= 0.3 is 0 Å². The van der Waals surface area contributed by atoms with Crippen molar-refractivity contribution in [1.29, 1.82) is 0 Å². The van der Waals surface area contributed by atoms with E-state index < -0.39 is 6.10 Å². The van der Waals surface area contributed by atoms with Gasteiger partial charge in [0.25, 0.3) is 5.91 Å². The molecule has 5 rings (SSSR count). The lowest BCUT2D eigenvalue weighted by atomic mass is 9.94. The maximum atomic E-state index is 13.0. The van der Waals surface area contributed by atoms with Gasteiger partial charge in [-0.1, -0.05) is 47.5 Å². The molecule has 0 radical (unpaired) electrons. The molecular formula is C22H22Cl2N4O2. The highest BCUT2D eigenvalue weighted by Crippen LogP contribution is 2.27. The van der Waals surface area contributed by atoms with Crippen molar-refractivity contribution >= 4 is 34.8 Å². The number of likely N-dealkylation sites (tertiary alicyclic amines) is 1. The molecule has 8 heteroatoms. The number of benzene rings is 1. The Labute approximate surface area is 184 Å². The first-order chi connectivity index (χ1) is 14.5. The summed E-state index contributed by atoms with van der Waals surface area (Å²) in [4.78, 5) is 21.4. The monoisotopic (exact) mass is 444 g/mol. The molecular weight excluding hydrogens is 423 g/mol. The number of hydrogen-bond donors (Lipinski definition) is 1. The molecule has 30 heavy (non-hydrogen) atoms. The molecule has 4 heterocycles. The molecule has 0 spiro atoms. The van der Waals surface area contributed by atoms with Crippen molar-refractivity contribution in [2.45, 2.75) is 31.5 Å². The molecule has 0 unspecified atom stereocenters. The Morgan fingerprint density at radius 2 is 1.93 bits per heavy atom. The van der Waals surface area contributed by atoms with Gasteiger partial charge in [0.15, 0.2) is 5.65 Å². The molecule has 2 aliphatic heterocycles. The zero-order valence-corrected chi connectivity index (χ0v) is 17.9. The average molecular weight is 445 g/mol. The summed E-state index contributed by atoms with van der Waals surface area (Å²) < 4.78 is 1.66. The molecule has 3 aromatic rings. The van der Waals surface area contributed by atoms with E-state index in [2.05, 4.69) is 34.1 Å². The molecule has 0 saturated carbocycles. The fourth-order valence-electron chi connectivity index (χ4n) is 4.62. The summed E-state index contributed by atoms with van der Waals surface area (Å²) >= 11 is 12.2. The first kappa shape index (κ1) is 19.8. The summed E-state index contributed by atoms with van der Waals surface area (Å²) in [5.41, 5.74) is 3.51. The van der Waals surface area contributed by atoms with Crippen LogP contribution in [0.15, 0.2) is 42.7 Å². The number of rotatable bonds is 2. The molecule has 156 valence electrons. The molecule has 2 aliphatic rings. The molecule has 0 bridgehead atoms. The van der Waals surface area contributed by atoms with Crippen LogP contribution in [0.2, 0.25) is 10.0 Å². The number of aliphatic hydroxyl groups excluding tert-OH is 1. The molecule has 0 aliphatic carbocycles. The minimum absolute atomic E-state index is 0.0525. The van der Waals surface area contributed by atoms with Gasteiger partial charge in [-0.25, -0.2) is 4.98 Å². The minimum Gasteiger partial charge on any atom is -0.390 e. The van der Waals surface area contributed by atoms with Crippen LogP contribution in [0.3, 0.4) is 0 Å². The number of carbonyl (C=O) groups excluding carboxylic acids is 1. The van der Waals surface area contributed by atoms with E-state index >= 15 is 0 Å². The van der Waals surface area contributed by atoms with Crippen LogP contribution in [0.25, 0.3) is 5.65 Å². The number of piperidine rings is 1. The predicted molar refractivity (Wildman–Crippen MR) is 116 cm³/mol. The van der Waals surface area contributed by atoms with Crippen LogP contribution in [0.5, 0.6) is 0 Å². The normalized spacial score (nSPS) is 22.3. The summed E-state index contributed by atoms with van der Waals surface area (Å²) in [7, 11) is 0. The van der Waals surface area contributed by atoms with Crippen LogP contribution < -0.4 is 0 Å². The predicted octanol–water partition coefficient (Wildman–Crippen LogP) is 3.27. The van der Waals surface area contributed by atoms with Crippen LogP contribution in [-0.2, 0) is 13.0 Å². The zero-order valence-electron chi connectivity index (χ0n) is 16.3. The van der Waals surface area contributed by atoms with Gasteiger partial charge in [-0.2, -0.15) is 0 Å². The molecule has 1 saturated heterocycles. The second-order valence-electron chi connectivity index (χ2n) is 8.03. The minimum atomic E-state index is -0.594. The van der Waals surface area contributed by atoms with Gasteiger partial charge in [0.2, 0.25) is 0 Å². The van der Waals surface area contributed by atoms with Gasteiger partial charge in [-0.05, 0) is 30.0 Å². The highest BCUT2D eigenvalue weighted by atomic mass is 35.5. The quantitative estimate of drug-likeness (QED) is 0.658. The number of aliphatic hydroxyl groups is 1. The fourth-order valence-corrected chi connectivity index (χ4v) is 5.15. The molecule has 2 atom stereocenters. The first-order valence-corrected chi connectivity index (χ1v) is 10.9. The number of aromatic nitrogens is 2. The van der Waals surface area contributed by atoms with E-state index in [1.54, 1.807) is 27.8 Å². The number of amides is 1. The fraction of sp³-hybridized carbons (Fsp3) is 0.364. The van der Waals surface area contributed by atoms with Crippen LogP contribution in [0.4, 0.5) is 0 Å². The Kier molecular flexibility index (Phi) is 5.19. The standard InChI is InChI=1S/C22H22Cl2N4O2/c23-16-9-17(24)21-25-18(12-28(21)11-16)22(30)27-8-6-19(20(29)13-27)26-7-5-14-3-1-2-4-15(14)10-26/h1-4,9,11-12,19-20,29H,5-8,10,13H2/t19-,20-/m0/s1. The van der Waals surface area contributed by atoms with E-state index in [1.807, 2.05) is 0 Å². The van der Waals surface area contributed by atoms with E-state index in [0.29, 0.717) is 34.5 Å². The number of nitrogens with zero attached hydrogens (tertiary/aromatic N) is 4. The lowest BCUT2D eigenvalue weighted by Gasteiger charge is -2.43. The maximum Gasteiger partial charge on any atom is 0.274 e. The number of hydrogen-bond acceptors (Lipinski definition) is 4. The number of fused-ring (bicyclic) bond motifs is 2. The third-order valence-electron chi connectivity index (χ3n) is 6.15. The Morgan fingerprint density at radius 1 is 1.13 bits per heavy atom. The summed E-state index contributed by atoms with van der Waals surface area (Å²) in [5, 5.41) is 11.7. The molecule has 1 fully saturated rings. The Bertz CT molecular complexity index is 1120. The number of halogens is 2. The van der Waals surface area contributed by atoms with Gasteiger partial charge in [0.05, 0.1) is 16.1 Å². The van der Waals surface area contributed by atoms with Crippen molar-refractivity contribution in [3.8, 4) is 0 Å². The molecule has 2 aromatic heterocycles. The van der Waals surface area contributed by atoms with Crippen LogP contribution in [0, 0.1) is 0 Å². The number of carbonyl (C=O) groups is 1. The summed E-state index contributed by atoms with van der Waals surface area (Å²) in [6, 6.07) is 10.1. The Morgan fingerprint density at radius 3 is 2.73 bits per heavy atom. The average Bonchev–Trinajstić information content (AvgIpc) is 3.17. The SMILES string of the molecule is O=C(c1cn2cc(Cl)cc(Cl)c2n1)N1CC[C@H](N2CCc3ccccc3C2)[C@@H](O)C1. The lowest BCUT2D eigenvalue weighted by molar-refractivity contribution is -0.0139. The maximum absolute atomic E-state index is 13.0. The van der Waals surface area contributed by atoms with Crippen LogP contribution >= 0.6 is 23.2 Å². The second-order valence-corrected chi connectivity index (χ2v) is 8.87. The largest absolute Gasteiger partial charge is 0.390 e. The Balaban J connectivity index is 1.29. The first-order valence-electron chi connectivity index (χ1n) is 10.1. The lowest BCUT2D eigenvalue weighted by Crippen LogP contribution is -2.56. The number of imidazole rings is 1. The van der Waals surface area contributed by atoms with E-state index in [9.17, 15) is 9.90 Å². The summed E-state index contributed by atoms with van der Waals surface area (Å²) in [5.74, 6) is -0.202. The number of β-amino-alcohol motifs (C(OH)–C–C–N with tert-alkyl or cyclic N) is 1. The van der Waals surface area contributed by atoms with E-state index in [1.165, 1.54) is 11.1 Å². The third kappa shape index (κ3) is 3.58. The van der Waals surface area contributed by atoms with Crippen LogP contribution in [0.1, 0.15) is 28.0 Å². The van der Waals surface area contributed by atoms with Crippen molar-refractivity contribution in [3.05, 3.63) is 69.6 Å². The van der Waals surface area contributed by atoms with E-state index in [-0.39, 0.29) is 11.9 Å². The van der Waals surface area contributed by atoms with Gasteiger partial charge in [0, 0.05) is 44.6 Å². The van der Waals surface area contributed by atoms with Crippen molar-refractivity contribution in [2.24, 2.45) is 0 Å². The molecule has 1 N–H and O–H groups in total. The summed E-state index contributed by atoms with van der Waals surface area (Å²) in [6.07, 6.45) is 4.43. The molecule has 1 aromatic carbocycles. The van der Waals surface area contributed by atoms with Gasteiger partial charge in [-0.15, -0.1) is 0 Å². The zero-order chi connectivity index (χ0) is 20.8. The van der Waals surface area contributed by atoms with Crippen LogP contribution in [-0.4, -0.2) is 62.0 Å². The number of pyridine rings is 1. The van der Waals surface area contributed by atoms with Crippen molar-refractivity contribution in [2.75, 3.05) is 19.6 Å². The van der Waals surface area contributed by atoms with Gasteiger partial charge < -0.3 is 14.4 Å². The van der Waals surface area contributed by atoms with E-state index in [4.69, 9.17) is 23.2 Å². The smallest absolute Gasteiger partial charge is 0.274 e. The highest BCUT2D eigenvalue weighted by Gasteiger charge is 2.35. The highest BCUT2D eigenvalue weighted by molar-refractivity contribution is 6.36. The third-order valence-corrected chi connectivity index (χ3v) is 6.64.